The van der Waals surface area contributed by atoms with Crippen LogP contribution >= 0.6 is 11.8 Å². The quantitative estimate of drug-likeness (QED) is 0.358. The third-order valence-electron chi connectivity index (χ3n) is 4.10. The van der Waals surface area contributed by atoms with Crippen LogP contribution in [0, 0.1) is 0 Å². The van der Waals surface area contributed by atoms with Crippen molar-refractivity contribution in [1.29, 1.82) is 0 Å². The minimum atomic E-state index is -0.210. The van der Waals surface area contributed by atoms with Crippen LogP contribution in [0.1, 0.15) is 12.5 Å². The number of amides is 1. The molecule has 0 radical (unpaired) electrons. The zero-order valence-electron chi connectivity index (χ0n) is 16.0. The number of rotatable bonds is 8. The van der Waals surface area contributed by atoms with Gasteiger partial charge in [-0.05, 0) is 37.3 Å². The molecule has 0 saturated heterocycles. The van der Waals surface area contributed by atoms with Gasteiger partial charge in [0.05, 0.1) is 37.2 Å². The third kappa shape index (κ3) is 4.45. The highest BCUT2D eigenvalue weighted by molar-refractivity contribution is 7.99. The Morgan fingerprint density at radius 1 is 1.25 bits per heavy atom. The molecule has 0 fully saturated rings. The number of carbonyl (C=O) groups excluding carboxylic acids is 1. The number of imidazole rings is 1. The molecule has 0 aliphatic rings. The van der Waals surface area contributed by atoms with E-state index in [4.69, 9.17) is 9.47 Å². The minimum Gasteiger partial charge on any atom is -0.497 e. The van der Waals surface area contributed by atoms with Crippen molar-refractivity contribution in [2.75, 3.05) is 20.0 Å². The van der Waals surface area contributed by atoms with E-state index in [1.165, 1.54) is 18.0 Å². The summed E-state index contributed by atoms with van der Waals surface area (Å²) in [5.74, 6) is 1.33. The third-order valence-corrected chi connectivity index (χ3v) is 5.07. The second-order valence-electron chi connectivity index (χ2n) is 5.82. The molecule has 8 heteroatoms. The molecule has 0 aliphatic heterocycles. The van der Waals surface area contributed by atoms with Crippen LogP contribution in [0.2, 0.25) is 0 Å². The molecule has 0 atom stereocenters. The second-order valence-corrected chi connectivity index (χ2v) is 6.76. The molecular weight excluding hydrogens is 376 g/mol. The number of carbonyl (C=O) groups is 1. The van der Waals surface area contributed by atoms with Crippen LogP contribution in [-0.2, 0) is 11.3 Å². The monoisotopic (exact) mass is 398 g/mol. The normalized spacial score (nSPS) is 11.1. The zero-order valence-corrected chi connectivity index (χ0v) is 16.8. The largest absolute Gasteiger partial charge is 0.497 e. The Balaban J connectivity index is 1.62. The van der Waals surface area contributed by atoms with Crippen LogP contribution in [0.3, 0.4) is 0 Å². The fourth-order valence-corrected chi connectivity index (χ4v) is 3.62. The van der Waals surface area contributed by atoms with E-state index in [2.05, 4.69) is 27.0 Å². The molecule has 3 aromatic rings. The standard InChI is InChI=1S/C20H22N4O3S/c1-4-24-17-8-6-5-7-16(17)22-20(24)28-13-19(25)23-21-12-14-11-15(26-2)9-10-18(14)27-3/h5-12H,4,13H2,1-3H3,(H,23,25)/b21-12-. The van der Waals surface area contributed by atoms with E-state index in [1.807, 2.05) is 24.3 Å². The Bertz CT molecular complexity index is 1000. The summed E-state index contributed by atoms with van der Waals surface area (Å²) in [5.41, 5.74) is 5.24. The van der Waals surface area contributed by atoms with Crippen molar-refractivity contribution < 1.29 is 14.3 Å². The molecule has 1 aromatic heterocycles. The molecule has 0 unspecified atom stereocenters. The van der Waals surface area contributed by atoms with Crippen LogP contribution < -0.4 is 14.9 Å². The first-order chi connectivity index (χ1) is 13.7. The highest BCUT2D eigenvalue weighted by Crippen LogP contribution is 2.24. The summed E-state index contributed by atoms with van der Waals surface area (Å²) < 4.78 is 12.6. The lowest BCUT2D eigenvalue weighted by molar-refractivity contribution is -0.118. The topological polar surface area (TPSA) is 77.7 Å². The molecule has 28 heavy (non-hydrogen) atoms. The molecule has 7 nitrogen and oxygen atoms in total. The van der Waals surface area contributed by atoms with E-state index < -0.39 is 0 Å². The predicted octanol–water partition coefficient (Wildman–Crippen LogP) is 3.32. The summed E-state index contributed by atoms with van der Waals surface area (Å²) >= 11 is 1.39. The molecule has 0 aliphatic carbocycles. The second kappa shape index (κ2) is 9.27. The van der Waals surface area contributed by atoms with Crippen LogP contribution in [0.25, 0.3) is 11.0 Å². The van der Waals surface area contributed by atoms with Crippen LogP contribution in [0.15, 0.2) is 52.7 Å². The average molecular weight is 398 g/mol. The molecule has 2 aromatic carbocycles. The first-order valence-corrected chi connectivity index (χ1v) is 9.76. The van der Waals surface area contributed by atoms with Crippen LogP contribution in [0.4, 0.5) is 0 Å². The van der Waals surface area contributed by atoms with E-state index >= 15 is 0 Å². The molecule has 1 heterocycles. The Labute approximate surface area is 167 Å². The summed E-state index contributed by atoms with van der Waals surface area (Å²) in [6.45, 7) is 2.85. The molecular formula is C20H22N4O3S. The average Bonchev–Trinajstić information content (AvgIpc) is 3.09. The van der Waals surface area contributed by atoms with Gasteiger partial charge in [-0.2, -0.15) is 5.10 Å². The van der Waals surface area contributed by atoms with Gasteiger partial charge in [-0.25, -0.2) is 10.4 Å². The Kier molecular flexibility index (Phi) is 6.54. The van der Waals surface area contributed by atoms with Crippen molar-refractivity contribution in [3.8, 4) is 11.5 Å². The van der Waals surface area contributed by atoms with Gasteiger partial charge in [0.1, 0.15) is 11.5 Å². The minimum absolute atomic E-state index is 0.210. The van der Waals surface area contributed by atoms with Gasteiger partial charge >= 0.3 is 0 Å². The van der Waals surface area contributed by atoms with E-state index in [1.54, 1.807) is 32.4 Å². The van der Waals surface area contributed by atoms with E-state index in [9.17, 15) is 4.79 Å². The summed E-state index contributed by atoms with van der Waals surface area (Å²) in [5, 5.41) is 4.84. The number of hydrazone groups is 1. The number of hydrogen-bond donors (Lipinski definition) is 1. The number of methoxy groups -OCH3 is 2. The number of fused-ring (bicyclic) bond motifs is 1. The van der Waals surface area contributed by atoms with Crippen molar-refractivity contribution in [3.05, 3.63) is 48.0 Å². The van der Waals surface area contributed by atoms with Gasteiger partial charge in [0.15, 0.2) is 5.16 Å². The number of hydrogen-bond acceptors (Lipinski definition) is 6. The fourth-order valence-electron chi connectivity index (χ4n) is 2.75. The molecule has 3 rings (SSSR count). The number of aryl methyl sites for hydroxylation is 1. The molecule has 146 valence electrons. The Morgan fingerprint density at radius 2 is 2.07 bits per heavy atom. The van der Waals surface area contributed by atoms with Gasteiger partial charge < -0.3 is 14.0 Å². The van der Waals surface area contributed by atoms with E-state index in [0.717, 1.165) is 22.7 Å². The highest BCUT2D eigenvalue weighted by atomic mass is 32.2. The lowest BCUT2D eigenvalue weighted by atomic mass is 10.2. The summed E-state index contributed by atoms with van der Waals surface area (Å²) in [6.07, 6.45) is 1.53. The van der Waals surface area contributed by atoms with E-state index in [0.29, 0.717) is 17.1 Å². The van der Waals surface area contributed by atoms with Gasteiger partial charge in [0.2, 0.25) is 0 Å². The smallest absolute Gasteiger partial charge is 0.250 e. The number of para-hydroxylation sites is 2. The summed E-state index contributed by atoms with van der Waals surface area (Å²) in [7, 11) is 3.17. The van der Waals surface area contributed by atoms with Gasteiger partial charge in [-0.1, -0.05) is 23.9 Å². The SMILES string of the molecule is CCn1c(SCC(=O)N/N=C\c2cc(OC)ccc2OC)nc2ccccc21. The van der Waals surface area contributed by atoms with Crippen molar-refractivity contribution in [1.82, 2.24) is 15.0 Å². The summed E-state index contributed by atoms with van der Waals surface area (Å²) in [6, 6.07) is 13.3. The number of nitrogens with one attached hydrogen (secondary N) is 1. The van der Waals surface area contributed by atoms with Gasteiger partial charge in [-0.15, -0.1) is 0 Å². The lowest BCUT2D eigenvalue weighted by Crippen LogP contribution is -2.20. The van der Waals surface area contributed by atoms with Crippen molar-refractivity contribution >= 4 is 34.9 Å². The van der Waals surface area contributed by atoms with Crippen molar-refractivity contribution in [3.63, 3.8) is 0 Å². The zero-order chi connectivity index (χ0) is 19.9. The van der Waals surface area contributed by atoms with Crippen molar-refractivity contribution in [2.45, 2.75) is 18.6 Å². The van der Waals surface area contributed by atoms with Crippen molar-refractivity contribution in [2.24, 2.45) is 5.10 Å². The fraction of sp³-hybridized carbons (Fsp3) is 0.250. The van der Waals surface area contributed by atoms with Gasteiger partial charge in [-0.3, -0.25) is 4.79 Å². The molecule has 0 spiro atoms. The van der Waals surface area contributed by atoms with Crippen LogP contribution in [0.5, 0.6) is 11.5 Å². The molecule has 0 bridgehead atoms. The molecule has 1 amide bonds. The lowest BCUT2D eigenvalue weighted by Gasteiger charge is -2.07. The number of ether oxygens (including phenoxy) is 2. The summed E-state index contributed by atoms with van der Waals surface area (Å²) in [4.78, 5) is 16.8. The number of thioether (sulfide) groups is 1. The maximum absolute atomic E-state index is 12.2. The maximum atomic E-state index is 12.2. The number of benzene rings is 2. The predicted molar refractivity (Wildman–Crippen MR) is 111 cm³/mol. The maximum Gasteiger partial charge on any atom is 0.250 e. The first-order valence-electron chi connectivity index (χ1n) is 8.78. The first kappa shape index (κ1) is 19.8. The Morgan fingerprint density at radius 3 is 2.82 bits per heavy atom. The Hall–Kier alpha value is -3.00. The number of nitrogens with zero attached hydrogens (tertiary/aromatic N) is 3. The molecule has 0 saturated carbocycles. The highest BCUT2D eigenvalue weighted by Gasteiger charge is 2.11. The van der Waals surface area contributed by atoms with Gasteiger partial charge in [0, 0.05) is 12.1 Å². The van der Waals surface area contributed by atoms with Crippen LogP contribution in [-0.4, -0.2) is 41.6 Å². The number of aromatic nitrogens is 2. The van der Waals surface area contributed by atoms with E-state index in [-0.39, 0.29) is 11.7 Å². The van der Waals surface area contributed by atoms with Gasteiger partial charge in [0.25, 0.3) is 5.91 Å². The molecule has 1 N–H and O–H groups in total.